The number of morpholine rings is 1. The fourth-order valence-corrected chi connectivity index (χ4v) is 3.12. The second-order valence-electron chi connectivity index (χ2n) is 6.15. The van der Waals surface area contributed by atoms with Crippen molar-refractivity contribution in [2.45, 2.75) is 33.0 Å². The second kappa shape index (κ2) is 7.14. The van der Waals surface area contributed by atoms with Crippen molar-refractivity contribution in [1.82, 2.24) is 24.6 Å². The summed E-state index contributed by atoms with van der Waals surface area (Å²) in [6.45, 7) is 9.44. The van der Waals surface area contributed by atoms with Crippen molar-refractivity contribution in [3.05, 3.63) is 30.0 Å². The van der Waals surface area contributed by atoms with Crippen LogP contribution >= 0.6 is 0 Å². The van der Waals surface area contributed by atoms with E-state index in [0.717, 1.165) is 45.1 Å². The zero-order valence-corrected chi connectivity index (χ0v) is 14.2. The van der Waals surface area contributed by atoms with Crippen LogP contribution in [-0.2, 0) is 24.9 Å². The molecule has 0 radical (unpaired) electrons. The Kier molecular flexibility index (Phi) is 4.97. The molecule has 1 atom stereocenters. The number of hydrogen-bond donors (Lipinski definition) is 1. The van der Waals surface area contributed by atoms with Gasteiger partial charge < -0.3 is 19.5 Å². The molecule has 7 nitrogen and oxygen atoms in total. The van der Waals surface area contributed by atoms with Crippen LogP contribution in [0, 0.1) is 6.92 Å². The van der Waals surface area contributed by atoms with Gasteiger partial charge in [0, 0.05) is 57.2 Å². The van der Waals surface area contributed by atoms with E-state index in [0.29, 0.717) is 6.04 Å². The van der Waals surface area contributed by atoms with Crippen LogP contribution in [0.4, 0.5) is 5.82 Å². The number of rotatable bonds is 6. The van der Waals surface area contributed by atoms with Crippen LogP contribution in [0.2, 0.25) is 0 Å². The molecule has 0 amide bonds. The molecule has 0 aliphatic carbocycles. The molecule has 1 saturated heterocycles. The standard InChI is InChI=1S/C16H26N6O/c1-13(11-21-5-4-17-12-21)18-10-15-14(2)19-20(3)16(15)22-6-8-23-9-7-22/h4-5,12-13,18H,6-11H2,1-3H3/t13-/m1/s1. The topological polar surface area (TPSA) is 60.1 Å². The molecular weight excluding hydrogens is 292 g/mol. The molecular formula is C16H26N6O. The molecule has 0 spiro atoms. The molecule has 0 unspecified atom stereocenters. The Balaban J connectivity index is 1.67. The van der Waals surface area contributed by atoms with Gasteiger partial charge in [-0.3, -0.25) is 4.68 Å². The summed E-state index contributed by atoms with van der Waals surface area (Å²) in [6.07, 6.45) is 5.66. The first-order valence-corrected chi connectivity index (χ1v) is 8.19. The van der Waals surface area contributed by atoms with Gasteiger partial charge in [0.1, 0.15) is 5.82 Å². The van der Waals surface area contributed by atoms with Crippen molar-refractivity contribution in [2.24, 2.45) is 7.05 Å². The predicted molar refractivity (Wildman–Crippen MR) is 89.5 cm³/mol. The molecule has 3 heterocycles. The summed E-state index contributed by atoms with van der Waals surface area (Å²) in [4.78, 5) is 6.47. The van der Waals surface area contributed by atoms with Gasteiger partial charge in [0.25, 0.3) is 0 Å². The number of aromatic nitrogens is 4. The van der Waals surface area contributed by atoms with Gasteiger partial charge in [-0.05, 0) is 13.8 Å². The normalized spacial score (nSPS) is 16.7. The first-order valence-electron chi connectivity index (χ1n) is 8.19. The third-order valence-corrected chi connectivity index (χ3v) is 4.29. The molecule has 3 rings (SSSR count). The van der Waals surface area contributed by atoms with E-state index >= 15 is 0 Å². The van der Waals surface area contributed by atoms with Gasteiger partial charge >= 0.3 is 0 Å². The minimum absolute atomic E-state index is 0.362. The summed E-state index contributed by atoms with van der Waals surface area (Å²) in [5.74, 6) is 1.22. The molecule has 2 aromatic heterocycles. The molecule has 126 valence electrons. The molecule has 0 bridgehead atoms. The number of nitrogens with zero attached hydrogens (tertiary/aromatic N) is 5. The molecule has 1 N–H and O–H groups in total. The van der Waals surface area contributed by atoms with Crippen molar-refractivity contribution in [3.63, 3.8) is 0 Å². The Morgan fingerprint density at radius 3 is 2.83 bits per heavy atom. The minimum atomic E-state index is 0.362. The highest BCUT2D eigenvalue weighted by Crippen LogP contribution is 2.24. The quantitative estimate of drug-likeness (QED) is 0.859. The summed E-state index contributed by atoms with van der Waals surface area (Å²) < 4.78 is 9.56. The Morgan fingerprint density at radius 2 is 2.13 bits per heavy atom. The molecule has 0 saturated carbocycles. The summed E-state index contributed by atoms with van der Waals surface area (Å²) in [6, 6.07) is 0.362. The molecule has 1 aliphatic rings. The second-order valence-corrected chi connectivity index (χ2v) is 6.15. The highest BCUT2D eigenvalue weighted by Gasteiger charge is 2.21. The van der Waals surface area contributed by atoms with Crippen LogP contribution in [-0.4, -0.2) is 51.7 Å². The smallest absolute Gasteiger partial charge is 0.131 e. The van der Waals surface area contributed by atoms with Crippen molar-refractivity contribution >= 4 is 5.82 Å². The van der Waals surface area contributed by atoms with Gasteiger partial charge in [-0.25, -0.2) is 4.98 Å². The predicted octanol–water partition coefficient (Wildman–Crippen LogP) is 0.940. The van der Waals surface area contributed by atoms with E-state index < -0.39 is 0 Å². The third-order valence-electron chi connectivity index (χ3n) is 4.29. The highest BCUT2D eigenvalue weighted by molar-refractivity contribution is 5.50. The van der Waals surface area contributed by atoms with E-state index in [9.17, 15) is 0 Å². The van der Waals surface area contributed by atoms with Crippen molar-refractivity contribution in [3.8, 4) is 0 Å². The number of hydrogen-bond acceptors (Lipinski definition) is 5. The fraction of sp³-hybridized carbons (Fsp3) is 0.625. The Hall–Kier alpha value is -1.86. The summed E-state index contributed by atoms with van der Waals surface area (Å²) in [5, 5.41) is 8.23. The zero-order chi connectivity index (χ0) is 16.2. The number of nitrogens with one attached hydrogen (secondary N) is 1. The Labute approximate surface area is 137 Å². The number of ether oxygens (including phenoxy) is 1. The largest absolute Gasteiger partial charge is 0.378 e. The molecule has 23 heavy (non-hydrogen) atoms. The Morgan fingerprint density at radius 1 is 1.35 bits per heavy atom. The van der Waals surface area contributed by atoms with E-state index in [1.807, 2.05) is 30.5 Å². The molecule has 7 heteroatoms. The van der Waals surface area contributed by atoms with Crippen molar-refractivity contribution < 1.29 is 4.74 Å². The number of aryl methyl sites for hydroxylation is 2. The van der Waals surface area contributed by atoms with Gasteiger partial charge in [0.2, 0.25) is 0 Å². The van der Waals surface area contributed by atoms with Crippen molar-refractivity contribution in [1.29, 1.82) is 0 Å². The maximum atomic E-state index is 5.47. The summed E-state index contributed by atoms with van der Waals surface area (Å²) in [5.41, 5.74) is 2.38. The van der Waals surface area contributed by atoms with Gasteiger partial charge in [-0.2, -0.15) is 5.10 Å². The summed E-state index contributed by atoms with van der Waals surface area (Å²) in [7, 11) is 2.02. The molecule has 0 aromatic carbocycles. The van der Waals surface area contributed by atoms with Crippen LogP contribution in [0.3, 0.4) is 0 Å². The highest BCUT2D eigenvalue weighted by atomic mass is 16.5. The number of anilines is 1. The first-order chi connectivity index (χ1) is 11.1. The maximum absolute atomic E-state index is 5.47. The Bertz CT molecular complexity index is 615. The third kappa shape index (κ3) is 3.73. The lowest BCUT2D eigenvalue weighted by molar-refractivity contribution is 0.122. The lowest BCUT2D eigenvalue weighted by Gasteiger charge is -2.30. The van der Waals surface area contributed by atoms with E-state index in [4.69, 9.17) is 4.74 Å². The molecule has 2 aromatic rings. The van der Waals surface area contributed by atoms with Crippen LogP contribution in [0.1, 0.15) is 18.2 Å². The lowest BCUT2D eigenvalue weighted by atomic mass is 10.2. The van der Waals surface area contributed by atoms with Crippen LogP contribution in [0.25, 0.3) is 0 Å². The first kappa shape index (κ1) is 16.0. The number of imidazole rings is 1. The monoisotopic (exact) mass is 318 g/mol. The average Bonchev–Trinajstić information content (AvgIpc) is 3.13. The van der Waals surface area contributed by atoms with Crippen LogP contribution in [0.15, 0.2) is 18.7 Å². The van der Waals surface area contributed by atoms with E-state index in [1.54, 1.807) is 0 Å². The van der Waals surface area contributed by atoms with Crippen LogP contribution < -0.4 is 10.2 Å². The fourth-order valence-electron chi connectivity index (χ4n) is 3.12. The van der Waals surface area contributed by atoms with Crippen LogP contribution in [0.5, 0.6) is 0 Å². The molecule has 1 aliphatic heterocycles. The van der Waals surface area contributed by atoms with Gasteiger partial charge in [0.05, 0.1) is 25.2 Å². The van der Waals surface area contributed by atoms with Gasteiger partial charge in [0.15, 0.2) is 0 Å². The van der Waals surface area contributed by atoms with E-state index in [-0.39, 0.29) is 0 Å². The van der Waals surface area contributed by atoms with Crippen molar-refractivity contribution in [2.75, 3.05) is 31.2 Å². The SMILES string of the molecule is Cc1nn(C)c(N2CCOCC2)c1CN[C@H](C)Cn1ccnc1. The minimum Gasteiger partial charge on any atom is -0.378 e. The average molecular weight is 318 g/mol. The van der Waals surface area contributed by atoms with Gasteiger partial charge in [-0.1, -0.05) is 0 Å². The maximum Gasteiger partial charge on any atom is 0.131 e. The van der Waals surface area contributed by atoms with Gasteiger partial charge in [-0.15, -0.1) is 0 Å². The molecule has 1 fully saturated rings. The summed E-state index contributed by atoms with van der Waals surface area (Å²) >= 11 is 0. The van der Waals surface area contributed by atoms with E-state index in [2.05, 4.69) is 38.7 Å². The zero-order valence-electron chi connectivity index (χ0n) is 14.2. The lowest BCUT2D eigenvalue weighted by Crippen LogP contribution is -2.38. The van der Waals surface area contributed by atoms with E-state index in [1.165, 1.54) is 11.4 Å².